The van der Waals surface area contributed by atoms with Gasteiger partial charge in [-0.05, 0) is 0 Å². The van der Waals surface area contributed by atoms with Gasteiger partial charge in [-0.25, -0.2) is 14.8 Å². The Bertz CT molecular complexity index is 570. The Labute approximate surface area is 112 Å². The second-order valence-corrected chi connectivity index (χ2v) is 6.84. The molecular formula is C10H12N4O2S2. The Kier molecular flexibility index (Phi) is 3.40. The Balaban J connectivity index is 2.14. The van der Waals surface area contributed by atoms with E-state index in [1.165, 1.54) is 18.1 Å². The van der Waals surface area contributed by atoms with E-state index in [4.69, 9.17) is 5.11 Å². The van der Waals surface area contributed by atoms with Gasteiger partial charge in [-0.15, -0.1) is 5.10 Å². The minimum Gasteiger partial charge on any atom is -0.477 e. The van der Waals surface area contributed by atoms with E-state index in [0.29, 0.717) is 4.34 Å². The zero-order valence-electron chi connectivity index (χ0n) is 10.1. The quantitative estimate of drug-likeness (QED) is 0.931. The zero-order valence-corrected chi connectivity index (χ0v) is 11.7. The SMILES string of the molecule is CC(C)(C)c1ncn(Sc2ncc(C(=O)O)s2)n1. The lowest BCUT2D eigenvalue weighted by molar-refractivity contribution is 0.0702. The third-order valence-electron chi connectivity index (χ3n) is 2.01. The third-order valence-corrected chi connectivity index (χ3v) is 3.89. The number of aromatic nitrogens is 4. The number of hydrogen-bond acceptors (Lipinski definition) is 6. The summed E-state index contributed by atoms with van der Waals surface area (Å²) in [6.07, 6.45) is 2.95. The number of thiazole rings is 1. The maximum absolute atomic E-state index is 10.7. The summed E-state index contributed by atoms with van der Waals surface area (Å²) in [7, 11) is 0. The van der Waals surface area contributed by atoms with Crippen LogP contribution in [0.5, 0.6) is 0 Å². The first-order valence-electron chi connectivity index (χ1n) is 5.16. The van der Waals surface area contributed by atoms with E-state index in [1.54, 1.807) is 10.4 Å². The Hall–Kier alpha value is -1.41. The lowest BCUT2D eigenvalue weighted by atomic mass is 9.96. The molecule has 0 bridgehead atoms. The molecule has 2 heterocycles. The molecule has 0 aliphatic rings. The fourth-order valence-electron chi connectivity index (χ4n) is 1.12. The van der Waals surface area contributed by atoms with Gasteiger partial charge in [0.05, 0.1) is 6.20 Å². The fourth-order valence-corrected chi connectivity index (χ4v) is 2.72. The van der Waals surface area contributed by atoms with Crippen molar-refractivity contribution < 1.29 is 9.90 Å². The number of aromatic carboxylic acids is 1. The molecule has 0 saturated carbocycles. The maximum atomic E-state index is 10.7. The van der Waals surface area contributed by atoms with Crippen LogP contribution in [-0.2, 0) is 5.41 Å². The molecule has 0 aliphatic heterocycles. The third kappa shape index (κ3) is 2.88. The zero-order chi connectivity index (χ0) is 13.3. The molecule has 8 heteroatoms. The average molecular weight is 284 g/mol. The van der Waals surface area contributed by atoms with Crippen LogP contribution in [0.2, 0.25) is 0 Å². The van der Waals surface area contributed by atoms with E-state index < -0.39 is 5.97 Å². The first-order chi connectivity index (χ1) is 8.36. The molecule has 2 aromatic heterocycles. The van der Waals surface area contributed by atoms with Crippen molar-refractivity contribution in [2.75, 3.05) is 0 Å². The van der Waals surface area contributed by atoms with Gasteiger partial charge in [-0.1, -0.05) is 32.1 Å². The van der Waals surface area contributed by atoms with Gasteiger partial charge >= 0.3 is 5.97 Å². The van der Waals surface area contributed by atoms with Gasteiger partial charge in [-0.2, -0.15) is 4.09 Å². The number of carboxylic acid groups (broad SMARTS) is 1. The van der Waals surface area contributed by atoms with Crippen molar-refractivity contribution in [1.29, 1.82) is 0 Å². The first kappa shape index (κ1) is 13.0. The smallest absolute Gasteiger partial charge is 0.347 e. The molecule has 0 saturated heterocycles. The molecule has 0 atom stereocenters. The molecular weight excluding hydrogens is 272 g/mol. The molecule has 0 unspecified atom stereocenters. The number of carbonyl (C=O) groups is 1. The molecule has 0 radical (unpaired) electrons. The lowest BCUT2D eigenvalue weighted by Gasteiger charge is -2.11. The summed E-state index contributed by atoms with van der Waals surface area (Å²) in [6, 6.07) is 0. The summed E-state index contributed by atoms with van der Waals surface area (Å²) in [5.41, 5.74) is -0.110. The Morgan fingerprint density at radius 2 is 2.17 bits per heavy atom. The van der Waals surface area contributed by atoms with Crippen molar-refractivity contribution in [1.82, 2.24) is 19.2 Å². The molecule has 2 rings (SSSR count). The highest BCUT2D eigenvalue weighted by Crippen LogP contribution is 2.26. The van der Waals surface area contributed by atoms with E-state index in [0.717, 1.165) is 17.2 Å². The molecule has 6 nitrogen and oxygen atoms in total. The summed E-state index contributed by atoms with van der Waals surface area (Å²) in [4.78, 5) is 19.2. The van der Waals surface area contributed by atoms with Crippen LogP contribution in [0, 0.1) is 0 Å². The number of hydrogen-bond donors (Lipinski definition) is 1. The molecule has 0 aliphatic carbocycles. The van der Waals surface area contributed by atoms with E-state index >= 15 is 0 Å². The van der Waals surface area contributed by atoms with Crippen molar-refractivity contribution in [3.63, 3.8) is 0 Å². The van der Waals surface area contributed by atoms with Crippen LogP contribution < -0.4 is 0 Å². The van der Waals surface area contributed by atoms with Crippen molar-refractivity contribution in [2.24, 2.45) is 0 Å². The average Bonchev–Trinajstić information content (AvgIpc) is 2.85. The lowest BCUT2D eigenvalue weighted by Crippen LogP contribution is -2.13. The van der Waals surface area contributed by atoms with Crippen LogP contribution >= 0.6 is 23.3 Å². The van der Waals surface area contributed by atoms with Crippen LogP contribution in [0.1, 0.15) is 36.3 Å². The topological polar surface area (TPSA) is 80.9 Å². The maximum Gasteiger partial charge on any atom is 0.347 e. The molecule has 2 aromatic rings. The fraction of sp³-hybridized carbons (Fsp3) is 0.400. The van der Waals surface area contributed by atoms with Crippen LogP contribution in [0.4, 0.5) is 0 Å². The van der Waals surface area contributed by atoms with Gasteiger partial charge < -0.3 is 5.11 Å². The van der Waals surface area contributed by atoms with Gasteiger partial charge in [0.1, 0.15) is 11.2 Å². The first-order valence-corrected chi connectivity index (χ1v) is 6.75. The Morgan fingerprint density at radius 3 is 2.67 bits per heavy atom. The predicted molar refractivity (Wildman–Crippen MR) is 69.1 cm³/mol. The highest BCUT2D eigenvalue weighted by atomic mass is 32.2. The summed E-state index contributed by atoms with van der Waals surface area (Å²) in [5.74, 6) is -0.224. The largest absolute Gasteiger partial charge is 0.477 e. The molecule has 96 valence electrons. The molecule has 1 N–H and O–H groups in total. The van der Waals surface area contributed by atoms with E-state index in [2.05, 4.69) is 15.1 Å². The standard InChI is InChI=1S/C10H12N4O2S2/c1-10(2,3)8-12-5-14(13-8)18-9-11-4-6(17-9)7(15)16/h4-5H,1-3H3,(H,15,16). The normalized spacial score (nSPS) is 11.7. The summed E-state index contributed by atoms with van der Waals surface area (Å²) in [6.45, 7) is 6.09. The second kappa shape index (κ2) is 4.69. The van der Waals surface area contributed by atoms with Gasteiger partial charge in [0.2, 0.25) is 0 Å². The monoisotopic (exact) mass is 284 g/mol. The molecule has 0 amide bonds. The van der Waals surface area contributed by atoms with Gasteiger partial charge in [0.15, 0.2) is 10.2 Å². The van der Waals surface area contributed by atoms with Gasteiger partial charge in [0.25, 0.3) is 0 Å². The van der Waals surface area contributed by atoms with Crippen LogP contribution in [0.25, 0.3) is 0 Å². The molecule has 0 spiro atoms. The van der Waals surface area contributed by atoms with Crippen LogP contribution in [-0.4, -0.2) is 30.2 Å². The van der Waals surface area contributed by atoms with Crippen molar-refractivity contribution >= 4 is 29.3 Å². The van der Waals surface area contributed by atoms with E-state index in [9.17, 15) is 4.79 Å². The van der Waals surface area contributed by atoms with E-state index in [-0.39, 0.29) is 10.3 Å². The minimum absolute atomic E-state index is 0.110. The van der Waals surface area contributed by atoms with Crippen LogP contribution in [0.3, 0.4) is 0 Å². The Morgan fingerprint density at radius 1 is 1.44 bits per heavy atom. The molecule has 0 fully saturated rings. The van der Waals surface area contributed by atoms with Crippen molar-refractivity contribution in [3.05, 3.63) is 23.2 Å². The van der Waals surface area contributed by atoms with Crippen molar-refractivity contribution in [3.8, 4) is 0 Å². The number of rotatable bonds is 3. The van der Waals surface area contributed by atoms with Gasteiger partial charge in [-0.3, -0.25) is 0 Å². The summed E-state index contributed by atoms with van der Waals surface area (Å²) in [5, 5.41) is 13.1. The molecule has 18 heavy (non-hydrogen) atoms. The summed E-state index contributed by atoms with van der Waals surface area (Å²) >= 11 is 2.37. The van der Waals surface area contributed by atoms with Crippen LogP contribution in [0.15, 0.2) is 16.9 Å². The van der Waals surface area contributed by atoms with Gasteiger partial charge in [0, 0.05) is 17.4 Å². The number of nitrogens with zero attached hydrogens (tertiary/aromatic N) is 4. The highest BCUT2D eigenvalue weighted by Gasteiger charge is 2.19. The molecule has 0 aromatic carbocycles. The number of carboxylic acids is 1. The predicted octanol–water partition coefficient (Wildman–Crippen LogP) is 2.29. The van der Waals surface area contributed by atoms with E-state index in [1.807, 2.05) is 20.8 Å². The highest BCUT2D eigenvalue weighted by molar-refractivity contribution is 7.99. The summed E-state index contributed by atoms with van der Waals surface area (Å²) < 4.78 is 2.21. The second-order valence-electron chi connectivity index (χ2n) is 4.61. The van der Waals surface area contributed by atoms with Crippen molar-refractivity contribution in [2.45, 2.75) is 30.5 Å². The minimum atomic E-state index is -0.965.